The standard InChI is InChI=1S/C24H21ClF3N5S/c1-13-14(2)34-22(20(13)21(29)17-7-9-19(25)10-8-17)33-15(3)31-32-23(33)30-12-16-5-4-6-18(11-16)24(26,27)28/h4-11,29H,12H2,1-3H3,(H,30,32). The zero-order chi connectivity index (χ0) is 24.6. The van der Waals surface area contributed by atoms with Gasteiger partial charge < -0.3 is 5.32 Å². The summed E-state index contributed by atoms with van der Waals surface area (Å²) in [4.78, 5) is 1.04. The third-order valence-corrected chi connectivity index (χ3v) is 6.93. The molecule has 0 fully saturated rings. The largest absolute Gasteiger partial charge is 0.416 e. The number of thiophene rings is 1. The Morgan fingerprint density at radius 1 is 1.09 bits per heavy atom. The van der Waals surface area contributed by atoms with Crippen LogP contribution in [0.4, 0.5) is 19.1 Å². The highest BCUT2D eigenvalue weighted by Gasteiger charge is 2.30. The molecule has 0 amide bonds. The van der Waals surface area contributed by atoms with Crippen molar-refractivity contribution in [3.05, 3.63) is 92.1 Å². The SMILES string of the molecule is Cc1sc(-n2c(C)nnc2NCc2cccc(C(F)(F)F)c2)c(C(=N)c2ccc(Cl)cc2)c1C. The fraction of sp³-hybridized carbons (Fsp3) is 0.208. The van der Waals surface area contributed by atoms with E-state index in [1.165, 1.54) is 17.4 Å². The van der Waals surface area contributed by atoms with E-state index in [2.05, 4.69) is 15.5 Å². The number of alkyl halides is 3. The fourth-order valence-electron chi connectivity index (χ4n) is 3.58. The summed E-state index contributed by atoms with van der Waals surface area (Å²) < 4.78 is 41.0. The van der Waals surface area contributed by atoms with Gasteiger partial charge in [-0.3, -0.25) is 9.98 Å². The van der Waals surface area contributed by atoms with Gasteiger partial charge in [-0.1, -0.05) is 35.9 Å². The molecule has 4 aromatic rings. The Balaban J connectivity index is 1.70. The predicted octanol–water partition coefficient (Wildman–Crippen LogP) is 6.95. The molecule has 0 unspecified atom stereocenters. The minimum atomic E-state index is -4.41. The van der Waals surface area contributed by atoms with Gasteiger partial charge in [0, 0.05) is 27.6 Å². The molecule has 0 bridgehead atoms. The highest BCUT2D eigenvalue weighted by atomic mass is 35.5. The molecular formula is C24H21ClF3N5S. The molecule has 0 aliphatic heterocycles. The van der Waals surface area contributed by atoms with Gasteiger partial charge in [0.15, 0.2) is 0 Å². The van der Waals surface area contributed by atoms with Crippen molar-refractivity contribution in [3.63, 3.8) is 0 Å². The van der Waals surface area contributed by atoms with E-state index in [0.29, 0.717) is 28.1 Å². The Kier molecular flexibility index (Phi) is 6.51. The number of benzene rings is 2. The highest BCUT2D eigenvalue weighted by molar-refractivity contribution is 7.15. The minimum absolute atomic E-state index is 0.134. The second-order valence-electron chi connectivity index (χ2n) is 7.80. The summed E-state index contributed by atoms with van der Waals surface area (Å²) in [7, 11) is 0. The average molecular weight is 504 g/mol. The van der Waals surface area contributed by atoms with Crippen LogP contribution in [0, 0.1) is 26.2 Å². The maximum Gasteiger partial charge on any atom is 0.416 e. The molecule has 0 aliphatic carbocycles. The number of nitrogens with one attached hydrogen (secondary N) is 2. The summed E-state index contributed by atoms with van der Waals surface area (Å²) in [6.07, 6.45) is -4.41. The van der Waals surface area contributed by atoms with Gasteiger partial charge in [0.05, 0.1) is 11.3 Å². The summed E-state index contributed by atoms with van der Waals surface area (Å²) in [5, 5.41) is 21.7. The number of hydrogen-bond acceptors (Lipinski definition) is 5. The van der Waals surface area contributed by atoms with Crippen LogP contribution >= 0.6 is 22.9 Å². The van der Waals surface area contributed by atoms with Crippen LogP contribution in [0.15, 0.2) is 48.5 Å². The second kappa shape index (κ2) is 9.23. The summed E-state index contributed by atoms with van der Waals surface area (Å²) in [6, 6.07) is 12.2. The second-order valence-corrected chi connectivity index (χ2v) is 9.44. The zero-order valence-corrected chi connectivity index (χ0v) is 20.2. The molecule has 5 nitrogen and oxygen atoms in total. The first kappa shape index (κ1) is 24.0. The van der Waals surface area contributed by atoms with E-state index >= 15 is 0 Å². The number of rotatable bonds is 6. The molecule has 2 aromatic heterocycles. The normalized spacial score (nSPS) is 11.6. The van der Waals surface area contributed by atoms with Crippen LogP contribution in [0.1, 0.15) is 38.5 Å². The van der Waals surface area contributed by atoms with Crippen LogP contribution < -0.4 is 5.32 Å². The molecule has 0 saturated carbocycles. The smallest absolute Gasteiger partial charge is 0.350 e. The first-order valence-electron chi connectivity index (χ1n) is 10.3. The Morgan fingerprint density at radius 3 is 2.47 bits per heavy atom. The quantitative estimate of drug-likeness (QED) is 0.280. The van der Waals surface area contributed by atoms with Crippen LogP contribution in [0.25, 0.3) is 5.00 Å². The van der Waals surface area contributed by atoms with Gasteiger partial charge in [0.25, 0.3) is 0 Å². The van der Waals surface area contributed by atoms with E-state index < -0.39 is 11.7 Å². The molecular weight excluding hydrogens is 483 g/mol. The minimum Gasteiger partial charge on any atom is -0.350 e. The summed E-state index contributed by atoms with van der Waals surface area (Å²) in [5.41, 5.74) is 2.54. The van der Waals surface area contributed by atoms with Crippen LogP contribution in [-0.2, 0) is 12.7 Å². The van der Waals surface area contributed by atoms with Gasteiger partial charge in [0.1, 0.15) is 10.8 Å². The average Bonchev–Trinajstić information content (AvgIpc) is 3.30. The van der Waals surface area contributed by atoms with Gasteiger partial charge >= 0.3 is 6.18 Å². The van der Waals surface area contributed by atoms with Crippen molar-refractivity contribution < 1.29 is 13.2 Å². The van der Waals surface area contributed by atoms with Crippen molar-refractivity contribution in [1.29, 1.82) is 5.41 Å². The molecule has 0 aliphatic rings. The lowest BCUT2D eigenvalue weighted by molar-refractivity contribution is -0.137. The zero-order valence-electron chi connectivity index (χ0n) is 18.6. The first-order chi connectivity index (χ1) is 16.1. The lowest BCUT2D eigenvalue weighted by atomic mass is 10.0. The number of nitrogens with zero attached hydrogens (tertiary/aromatic N) is 3. The fourth-order valence-corrected chi connectivity index (χ4v) is 4.92. The third-order valence-electron chi connectivity index (χ3n) is 5.48. The topological polar surface area (TPSA) is 66.6 Å². The molecule has 2 N–H and O–H groups in total. The first-order valence-corrected chi connectivity index (χ1v) is 11.5. The highest BCUT2D eigenvalue weighted by Crippen LogP contribution is 2.35. The van der Waals surface area contributed by atoms with Gasteiger partial charge in [0.2, 0.25) is 5.95 Å². The van der Waals surface area contributed by atoms with Gasteiger partial charge in [-0.2, -0.15) is 13.2 Å². The molecule has 4 rings (SSSR count). The summed E-state index contributed by atoms with van der Waals surface area (Å²) in [6.45, 7) is 5.88. The molecule has 2 aromatic carbocycles. The Labute approximate surface area is 203 Å². The van der Waals surface area contributed by atoms with E-state index in [4.69, 9.17) is 17.0 Å². The monoisotopic (exact) mass is 503 g/mol. The molecule has 10 heteroatoms. The molecule has 34 heavy (non-hydrogen) atoms. The van der Waals surface area contributed by atoms with Crippen molar-refractivity contribution in [2.45, 2.75) is 33.5 Å². The van der Waals surface area contributed by atoms with E-state index in [1.54, 1.807) is 41.8 Å². The summed E-state index contributed by atoms with van der Waals surface area (Å²) >= 11 is 7.52. The van der Waals surface area contributed by atoms with Crippen LogP contribution in [0.3, 0.4) is 0 Å². The molecule has 176 valence electrons. The molecule has 0 saturated heterocycles. The maximum absolute atomic E-state index is 13.1. The van der Waals surface area contributed by atoms with Crippen molar-refractivity contribution >= 4 is 34.6 Å². The number of anilines is 1. The van der Waals surface area contributed by atoms with Gasteiger partial charge in [-0.25, -0.2) is 0 Å². The Hall–Kier alpha value is -3.17. The van der Waals surface area contributed by atoms with E-state index in [-0.39, 0.29) is 6.54 Å². The number of aromatic nitrogens is 3. The van der Waals surface area contributed by atoms with Crippen molar-refractivity contribution in [2.24, 2.45) is 0 Å². The van der Waals surface area contributed by atoms with Gasteiger partial charge in [-0.05, 0) is 56.2 Å². The van der Waals surface area contributed by atoms with E-state index in [0.717, 1.165) is 38.7 Å². The lowest BCUT2D eigenvalue weighted by Gasteiger charge is -2.13. The summed E-state index contributed by atoms with van der Waals surface area (Å²) in [5.74, 6) is 0.985. The molecule has 0 radical (unpaired) electrons. The van der Waals surface area contributed by atoms with E-state index in [9.17, 15) is 13.2 Å². The van der Waals surface area contributed by atoms with Crippen LogP contribution in [-0.4, -0.2) is 20.5 Å². The van der Waals surface area contributed by atoms with Crippen molar-refractivity contribution in [3.8, 4) is 5.00 Å². The Morgan fingerprint density at radius 2 is 1.79 bits per heavy atom. The number of aryl methyl sites for hydroxylation is 2. The third kappa shape index (κ3) is 4.71. The number of halogens is 4. The predicted molar refractivity (Wildman–Crippen MR) is 130 cm³/mol. The molecule has 0 atom stereocenters. The van der Waals surface area contributed by atoms with E-state index in [1.807, 2.05) is 13.8 Å². The van der Waals surface area contributed by atoms with Crippen LogP contribution in [0.2, 0.25) is 5.02 Å². The number of hydrogen-bond donors (Lipinski definition) is 2. The maximum atomic E-state index is 13.1. The van der Waals surface area contributed by atoms with Crippen molar-refractivity contribution in [1.82, 2.24) is 14.8 Å². The van der Waals surface area contributed by atoms with Gasteiger partial charge in [-0.15, -0.1) is 21.5 Å². The van der Waals surface area contributed by atoms with Crippen molar-refractivity contribution in [2.75, 3.05) is 5.32 Å². The lowest BCUT2D eigenvalue weighted by Crippen LogP contribution is -2.11. The Bertz CT molecular complexity index is 1360. The molecule has 0 spiro atoms. The molecule has 2 heterocycles. The van der Waals surface area contributed by atoms with Crippen LogP contribution in [0.5, 0.6) is 0 Å².